The first-order chi connectivity index (χ1) is 9.23. The van der Waals surface area contributed by atoms with E-state index in [1.807, 2.05) is 33.9 Å². The van der Waals surface area contributed by atoms with Gasteiger partial charge in [0.1, 0.15) is 11.2 Å². The lowest BCUT2D eigenvalue weighted by molar-refractivity contribution is -0.274. The van der Waals surface area contributed by atoms with Gasteiger partial charge in [0, 0.05) is 0 Å². The molecule has 0 amide bonds. The SMILES string of the molecule is C=Cc1ccc(C(=O)O[Si](C)C)c(OOC(C)(C)C)c1. The van der Waals surface area contributed by atoms with Crippen LogP contribution in [0.15, 0.2) is 24.8 Å². The topological polar surface area (TPSA) is 44.8 Å². The highest BCUT2D eigenvalue weighted by Crippen LogP contribution is 2.24. The van der Waals surface area contributed by atoms with Gasteiger partial charge in [0.25, 0.3) is 9.04 Å². The highest BCUT2D eigenvalue weighted by atomic mass is 28.3. The van der Waals surface area contributed by atoms with Crippen molar-refractivity contribution in [1.29, 1.82) is 0 Å². The Bertz CT molecular complexity index is 489. The third-order valence-electron chi connectivity index (χ3n) is 2.14. The van der Waals surface area contributed by atoms with Crippen molar-refractivity contribution < 1.29 is 19.0 Å². The fourth-order valence-electron chi connectivity index (χ4n) is 1.31. The average Bonchev–Trinajstić information content (AvgIpc) is 2.34. The Kier molecular flexibility index (Phi) is 5.53. The molecule has 1 aromatic carbocycles. The Hall–Kier alpha value is -1.59. The van der Waals surface area contributed by atoms with Crippen LogP contribution >= 0.6 is 0 Å². The minimum atomic E-state index is -1.12. The molecule has 109 valence electrons. The minimum absolute atomic E-state index is 0.338. The predicted molar refractivity (Wildman–Crippen MR) is 80.9 cm³/mol. The molecule has 0 saturated carbocycles. The zero-order valence-electron chi connectivity index (χ0n) is 12.6. The van der Waals surface area contributed by atoms with Crippen LogP contribution in [0.25, 0.3) is 6.08 Å². The Morgan fingerprint density at radius 1 is 1.30 bits per heavy atom. The van der Waals surface area contributed by atoms with Crippen LogP contribution in [0.3, 0.4) is 0 Å². The van der Waals surface area contributed by atoms with Crippen LogP contribution in [-0.2, 0) is 9.31 Å². The van der Waals surface area contributed by atoms with Crippen molar-refractivity contribution in [3.05, 3.63) is 35.9 Å². The van der Waals surface area contributed by atoms with E-state index in [2.05, 4.69) is 6.58 Å². The van der Waals surface area contributed by atoms with Crippen molar-refractivity contribution >= 4 is 21.1 Å². The first kappa shape index (κ1) is 16.5. The molecule has 0 fully saturated rings. The predicted octanol–water partition coefficient (Wildman–Crippen LogP) is 3.85. The third-order valence-corrected chi connectivity index (χ3v) is 2.73. The zero-order chi connectivity index (χ0) is 15.3. The van der Waals surface area contributed by atoms with Gasteiger partial charge in [-0.25, -0.2) is 4.79 Å². The van der Waals surface area contributed by atoms with Gasteiger partial charge in [-0.15, -0.1) is 0 Å². The molecule has 0 aliphatic rings. The van der Waals surface area contributed by atoms with E-state index in [0.717, 1.165) is 5.56 Å². The van der Waals surface area contributed by atoms with Crippen LogP contribution < -0.4 is 4.89 Å². The van der Waals surface area contributed by atoms with Gasteiger partial charge >= 0.3 is 5.97 Å². The first-order valence-corrected chi connectivity index (χ1v) is 8.78. The molecule has 0 saturated heterocycles. The summed E-state index contributed by atoms with van der Waals surface area (Å²) in [5, 5.41) is 0. The molecule has 0 bridgehead atoms. The molecule has 0 heterocycles. The number of rotatable bonds is 5. The Balaban J connectivity index is 3.03. The fourth-order valence-corrected chi connectivity index (χ4v) is 1.79. The number of benzene rings is 1. The van der Waals surface area contributed by atoms with Gasteiger partial charge in [0.2, 0.25) is 0 Å². The lowest BCUT2D eigenvalue weighted by atomic mass is 10.1. The van der Waals surface area contributed by atoms with Crippen molar-refractivity contribution in [2.75, 3.05) is 0 Å². The van der Waals surface area contributed by atoms with Gasteiger partial charge in [-0.3, -0.25) is 0 Å². The quantitative estimate of drug-likeness (QED) is 0.470. The van der Waals surface area contributed by atoms with E-state index in [-0.39, 0.29) is 0 Å². The summed E-state index contributed by atoms with van der Waals surface area (Å²) < 4.78 is 5.28. The number of hydrogen-bond donors (Lipinski definition) is 0. The molecule has 0 unspecified atom stereocenters. The largest absolute Gasteiger partial charge is 0.515 e. The van der Waals surface area contributed by atoms with Gasteiger partial charge < -0.3 is 9.31 Å². The summed E-state index contributed by atoms with van der Waals surface area (Å²) in [6.07, 6.45) is 1.67. The molecule has 0 N–H and O–H groups in total. The Morgan fingerprint density at radius 2 is 1.95 bits per heavy atom. The molecule has 1 rings (SSSR count). The minimum Gasteiger partial charge on any atom is -0.515 e. The molecule has 4 nitrogen and oxygen atoms in total. The van der Waals surface area contributed by atoms with Gasteiger partial charge in [0.05, 0.1) is 0 Å². The van der Waals surface area contributed by atoms with Crippen molar-refractivity contribution in [2.45, 2.75) is 39.5 Å². The van der Waals surface area contributed by atoms with Crippen molar-refractivity contribution in [3.8, 4) is 5.75 Å². The molecule has 0 aromatic heterocycles. The summed E-state index contributed by atoms with van der Waals surface area (Å²) in [6, 6.07) is 5.14. The second-order valence-corrected chi connectivity index (χ2v) is 7.56. The molecule has 20 heavy (non-hydrogen) atoms. The van der Waals surface area contributed by atoms with Crippen LogP contribution in [0.5, 0.6) is 5.75 Å². The number of carbonyl (C=O) groups excluding carboxylic acids is 1. The van der Waals surface area contributed by atoms with E-state index in [1.54, 1.807) is 24.3 Å². The molecular weight excluding hydrogens is 272 g/mol. The van der Waals surface area contributed by atoms with Gasteiger partial charge in [-0.05, 0) is 51.6 Å². The van der Waals surface area contributed by atoms with Gasteiger partial charge in [-0.1, -0.05) is 18.7 Å². The second kappa shape index (κ2) is 6.72. The molecular formula is C15H21O4Si. The summed E-state index contributed by atoms with van der Waals surface area (Å²) in [4.78, 5) is 22.6. The van der Waals surface area contributed by atoms with E-state index >= 15 is 0 Å². The smallest absolute Gasteiger partial charge is 0.328 e. The third kappa shape index (κ3) is 5.18. The maximum Gasteiger partial charge on any atom is 0.328 e. The van der Waals surface area contributed by atoms with E-state index in [4.69, 9.17) is 14.2 Å². The monoisotopic (exact) mass is 293 g/mol. The Labute approximate surface area is 122 Å². The highest BCUT2D eigenvalue weighted by Gasteiger charge is 2.19. The molecule has 1 radical (unpaired) electrons. The molecule has 0 spiro atoms. The normalized spacial score (nSPS) is 11.3. The van der Waals surface area contributed by atoms with Crippen molar-refractivity contribution in [3.63, 3.8) is 0 Å². The van der Waals surface area contributed by atoms with E-state index in [0.29, 0.717) is 11.3 Å². The van der Waals surface area contributed by atoms with Crippen LogP contribution in [0.4, 0.5) is 0 Å². The van der Waals surface area contributed by atoms with Crippen molar-refractivity contribution in [1.82, 2.24) is 0 Å². The highest BCUT2D eigenvalue weighted by molar-refractivity contribution is 6.51. The summed E-state index contributed by atoms with van der Waals surface area (Å²) in [5.41, 5.74) is 0.717. The zero-order valence-corrected chi connectivity index (χ0v) is 13.6. The van der Waals surface area contributed by atoms with Gasteiger partial charge in [-0.2, -0.15) is 4.89 Å². The second-order valence-electron chi connectivity index (χ2n) is 5.54. The number of carbonyl (C=O) groups is 1. The maximum atomic E-state index is 12.0. The molecule has 1 aromatic rings. The van der Waals surface area contributed by atoms with Gasteiger partial charge in [0.15, 0.2) is 5.75 Å². The van der Waals surface area contributed by atoms with Crippen LogP contribution in [-0.4, -0.2) is 20.6 Å². The van der Waals surface area contributed by atoms with E-state index < -0.39 is 20.6 Å². The van der Waals surface area contributed by atoms with Crippen LogP contribution in [0, 0.1) is 0 Å². The Morgan fingerprint density at radius 3 is 2.45 bits per heavy atom. The van der Waals surface area contributed by atoms with E-state index in [1.165, 1.54) is 0 Å². The maximum absolute atomic E-state index is 12.0. The molecule has 0 atom stereocenters. The van der Waals surface area contributed by atoms with Crippen molar-refractivity contribution in [2.24, 2.45) is 0 Å². The standard InChI is InChI=1S/C15H21O4Si/c1-7-11-8-9-12(14(16)18-20(5)6)13(10-11)17-19-15(2,3)4/h7-10H,1H2,2-6H3. The summed E-state index contributed by atoms with van der Waals surface area (Å²) in [7, 11) is -1.12. The molecule has 5 heteroatoms. The van der Waals surface area contributed by atoms with Crippen LogP contribution in [0.1, 0.15) is 36.7 Å². The lowest BCUT2D eigenvalue weighted by Crippen LogP contribution is -2.22. The summed E-state index contributed by atoms with van der Waals surface area (Å²) in [6.45, 7) is 13.1. The molecule has 0 aliphatic heterocycles. The average molecular weight is 293 g/mol. The summed E-state index contributed by atoms with van der Waals surface area (Å²) in [5.74, 6) is -0.0578. The number of hydrogen-bond acceptors (Lipinski definition) is 4. The lowest BCUT2D eigenvalue weighted by Gasteiger charge is -2.19. The fraction of sp³-hybridized carbons (Fsp3) is 0.400. The van der Waals surface area contributed by atoms with E-state index in [9.17, 15) is 4.79 Å². The first-order valence-electron chi connectivity index (χ1n) is 6.37. The molecule has 0 aliphatic carbocycles. The summed E-state index contributed by atoms with van der Waals surface area (Å²) >= 11 is 0. The van der Waals surface area contributed by atoms with Crippen LogP contribution in [0.2, 0.25) is 13.1 Å².